The van der Waals surface area contributed by atoms with E-state index in [9.17, 15) is 0 Å². The number of nitrogens with zero attached hydrogens (tertiary/aromatic N) is 1. The van der Waals surface area contributed by atoms with Crippen molar-refractivity contribution in [3.05, 3.63) is 33.8 Å². The Morgan fingerprint density at radius 2 is 2.10 bits per heavy atom. The predicted octanol–water partition coefficient (Wildman–Crippen LogP) is 4.18. The van der Waals surface area contributed by atoms with Gasteiger partial charge in [0.2, 0.25) is 0 Å². The summed E-state index contributed by atoms with van der Waals surface area (Å²) in [4.78, 5) is 2.49. The van der Waals surface area contributed by atoms with Crippen LogP contribution in [0.1, 0.15) is 44.2 Å². The van der Waals surface area contributed by atoms with Crippen LogP contribution >= 0.6 is 15.9 Å². The monoisotopic (exact) mass is 338 g/mol. The first kappa shape index (κ1) is 16.0. The van der Waals surface area contributed by atoms with Gasteiger partial charge in [0.05, 0.1) is 0 Å². The van der Waals surface area contributed by atoms with Gasteiger partial charge in [0.1, 0.15) is 0 Å². The summed E-state index contributed by atoms with van der Waals surface area (Å²) in [6.07, 6.45) is 4.13. The van der Waals surface area contributed by atoms with Crippen molar-refractivity contribution in [3.63, 3.8) is 0 Å². The molecule has 1 aromatic rings. The van der Waals surface area contributed by atoms with E-state index in [1.165, 1.54) is 34.9 Å². The molecule has 112 valence electrons. The maximum absolute atomic E-state index is 3.73. The number of hydrogen-bond donors (Lipinski definition) is 1. The van der Waals surface area contributed by atoms with Crippen molar-refractivity contribution in [1.82, 2.24) is 10.2 Å². The third-order valence-corrected chi connectivity index (χ3v) is 4.86. The number of benzene rings is 1. The normalized spacial score (nSPS) is 15.9. The molecule has 1 aliphatic rings. The molecule has 0 aromatic heterocycles. The van der Waals surface area contributed by atoms with Crippen molar-refractivity contribution < 1.29 is 0 Å². The Kier molecular flexibility index (Phi) is 6.06. The van der Waals surface area contributed by atoms with Gasteiger partial charge in [-0.25, -0.2) is 0 Å². The molecule has 0 atom stereocenters. The average Bonchev–Trinajstić information content (AvgIpc) is 2.29. The first-order chi connectivity index (χ1) is 9.56. The molecule has 0 unspecified atom stereocenters. The first-order valence-electron chi connectivity index (χ1n) is 7.74. The fraction of sp³-hybridized carbons (Fsp3) is 0.647. The molecular weight excluding hydrogens is 312 g/mol. The van der Waals surface area contributed by atoms with Crippen LogP contribution in [0.4, 0.5) is 0 Å². The zero-order chi connectivity index (χ0) is 14.5. The van der Waals surface area contributed by atoms with Crippen LogP contribution in [-0.2, 0) is 13.1 Å². The fourth-order valence-electron chi connectivity index (χ4n) is 2.56. The highest BCUT2D eigenvalue weighted by Gasteiger charge is 2.22. The Hall–Kier alpha value is -0.380. The lowest BCUT2D eigenvalue weighted by atomic mass is 9.91. The minimum absolute atomic E-state index is 0.703. The highest BCUT2D eigenvalue weighted by molar-refractivity contribution is 9.10. The van der Waals surface area contributed by atoms with Gasteiger partial charge in [0, 0.05) is 23.6 Å². The predicted molar refractivity (Wildman–Crippen MR) is 89.8 cm³/mol. The molecule has 2 nitrogen and oxygen atoms in total. The number of nitrogens with one attached hydrogen (secondary N) is 1. The molecule has 0 saturated heterocycles. The lowest BCUT2D eigenvalue weighted by Gasteiger charge is -2.35. The molecule has 3 heteroatoms. The number of rotatable bonds is 7. The highest BCUT2D eigenvalue weighted by Crippen LogP contribution is 2.27. The second-order valence-corrected chi connectivity index (χ2v) is 7.30. The van der Waals surface area contributed by atoms with Crippen molar-refractivity contribution in [1.29, 1.82) is 0 Å². The van der Waals surface area contributed by atoms with E-state index in [4.69, 9.17) is 0 Å². The summed E-state index contributed by atoms with van der Waals surface area (Å²) < 4.78 is 1.24. The Labute approximate surface area is 132 Å². The van der Waals surface area contributed by atoms with Crippen LogP contribution < -0.4 is 5.32 Å². The van der Waals surface area contributed by atoms with Crippen LogP contribution in [-0.4, -0.2) is 24.5 Å². The molecule has 1 saturated carbocycles. The van der Waals surface area contributed by atoms with Crippen LogP contribution in [0.3, 0.4) is 0 Å². The molecule has 0 heterocycles. The summed E-state index contributed by atoms with van der Waals surface area (Å²) in [5.74, 6) is 0.703. The highest BCUT2D eigenvalue weighted by atomic mass is 79.9. The summed E-state index contributed by atoms with van der Waals surface area (Å²) in [5, 5.41) is 3.49. The Morgan fingerprint density at radius 1 is 1.35 bits per heavy atom. The van der Waals surface area contributed by atoms with Crippen molar-refractivity contribution in [3.8, 4) is 0 Å². The molecule has 0 bridgehead atoms. The third-order valence-electron chi connectivity index (χ3n) is 4.12. The molecule has 0 radical (unpaired) electrons. The summed E-state index contributed by atoms with van der Waals surface area (Å²) >= 11 is 3.73. The average molecular weight is 339 g/mol. The van der Waals surface area contributed by atoms with E-state index in [1.54, 1.807) is 0 Å². The minimum atomic E-state index is 0.703. The topological polar surface area (TPSA) is 15.3 Å². The van der Waals surface area contributed by atoms with Gasteiger partial charge in [-0.3, -0.25) is 4.90 Å². The quantitative estimate of drug-likeness (QED) is 0.802. The molecule has 1 N–H and O–H groups in total. The Morgan fingerprint density at radius 3 is 2.65 bits per heavy atom. The van der Waals surface area contributed by atoms with Crippen LogP contribution in [0.5, 0.6) is 0 Å². The van der Waals surface area contributed by atoms with Crippen molar-refractivity contribution >= 4 is 15.9 Å². The number of hydrogen-bond acceptors (Lipinski definition) is 2. The summed E-state index contributed by atoms with van der Waals surface area (Å²) in [6, 6.07) is 7.58. The lowest BCUT2D eigenvalue weighted by molar-refractivity contribution is 0.152. The molecule has 0 spiro atoms. The van der Waals surface area contributed by atoms with Crippen molar-refractivity contribution in [2.75, 3.05) is 13.6 Å². The van der Waals surface area contributed by atoms with E-state index in [0.29, 0.717) is 5.92 Å². The molecule has 1 aromatic carbocycles. The van der Waals surface area contributed by atoms with Crippen LogP contribution in [0, 0.1) is 5.92 Å². The zero-order valence-electron chi connectivity index (χ0n) is 13.0. The van der Waals surface area contributed by atoms with Gasteiger partial charge in [-0.15, -0.1) is 0 Å². The summed E-state index contributed by atoms with van der Waals surface area (Å²) in [7, 11) is 2.24. The summed E-state index contributed by atoms with van der Waals surface area (Å²) in [6.45, 7) is 7.55. The van der Waals surface area contributed by atoms with Gasteiger partial charge < -0.3 is 5.32 Å². The molecular formula is C17H27BrN2. The SMILES string of the molecule is CC(C)CNCc1ccc(CN(C)C2CCC2)c(Br)c1. The van der Waals surface area contributed by atoms with Gasteiger partial charge in [-0.1, -0.05) is 48.3 Å². The van der Waals surface area contributed by atoms with Gasteiger partial charge in [0.15, 0.2) is 0 Å². The van der Waals surface area contributed by atoms with Crippen molar-refractivity contribution in [2.24, 2.45) is 5.92 Å². The van der Waals surface area contributed by atoms with E-state index >= 15 is 0 Å². The molecule has 1 fully saturated rings. The van der Waals surface area contributed by atoms with Crippen molar-refractivity contribution in [2.45, 2.75) is 52.2 Å². The van der Waals surface area contributed by atoms with E-state index in [1.807, 2.05) is 0 Å². The third kappa shape index (κ3) is 4.57. The zero-order valence-corrected chi connectivity index (χ0v) is 14.5. The Bertz CT molecular complexity index is 427. The van der Waals surface area contributed by atoms with Gasteiger partial charge in [-0.2, -0.15) is 0 Å². The van der Waals surface area contributed by atoms with Gasteiger partial charge in [0.25, 0.3) is 0 Å². The maximum atomic E-state index is 3.73. The second kappa shape index (κ2) is 7.58. The van der Waals surface area contributed by atoms with Gasteiger partial charge >= 0.3 is 0 Å². The smallest absolute Gasteiger partial charge is 0.0244 e. The molecule has 0 amide bonds. The molecule has 20 heavy (non-hydrogen) atoms. The van der Waals surface area contributed by atoms with E-state index in [-0.39, 0.29) is 0 Å². The van der Waals surface area contributed by atoms with E-state index < -0.39 is 0 Å². The van der Waals surface area contributed by atoms with Gasteiger partial charge in [-0.05, 0) is 49.5 Å². The minimum Gasteiger partial charge on any atom is -0.312 e. The molecule has 2 rings (SSSR count). The number of halogens is 1. The largest absolute Gasteiger partial charge is 0.312 e. The summed E-state index contributed by atoms with van der Waals surface area (Å²) in [5.41, 5.74) is 2.75. The lowest BCUT2D eigenvalue weighted by Crippen LogP contribution is -2.36. The standard InChI is InChI=1S/C17H27BrN2/c1-13(2)10-19-11-14-7-8-15(17(18)9-14)12-20(3)16-5-4-6-16/h7-9,13,16,19H,4-6,10-12H2,1-3H3. The Balaban J connectivity index is 1.88. The molecule has 0 aliphatic heterocycles. The van der Waals surface area contributed by atoms with Crippen LogP contribution in [0.15, 0.2) is 22.7 Å². The van der Waals surface area contributed by atoms with Crippen LogP contribution in [0.2, 0.25) is 0 Å². The van der Waals surface area contributed by atoms with E-state index in [0.717, 1.165) is 25.7 Å². The molecule has 1 aliphatic carbocycles. The fourth-order valence-corrected chi connectivity index (χ4v) is 3.11. The maximum Gasteiger partial charge on any atom is 0.0244 e. The van der Waals surface area contributed by atoms with Crippen LogP contribution in [0.25, 0.3) is 0 Å². The van der Waals surface area contributed by atoms with E-state index in [2.05, 4.69) is 65.2 Å². The first-order valence-corrected chi connectivity index (χ1v) is 8.54. The second-order valence-electron chi connectivity index (χ2n) is 6.45.